The van der Waals surface area contributed by atoms with Crippen molar-refractivity contribution in [2.24, 2.45) is 0 Å². The zero-order chi connectivity index (χ0) is 10.9. The summed E-state index contributed by atoms with van der Waals surface area (Å²) in [6.45, 7) is 0. The van der Waals surface area contributed by atoms with Gasteiger partial charge in [0.15, 0.2) is 16.9 Å². The van der Waals surface area contributed by atoms with Crippen molar-refractivity contribution in [3.63, 3.8) is 0 Å². The predicted octanol–water partition coefficient (Wildman–Crippen LogP) is -0.770. The summed E-state index contributed by atoms with van der Waals surface area (Å²) in [6, 6.07) is 1.16. The van der Waals surface area contributed by atoms with Gasteiger partial charge in [-0.2, -0.15) is 0 Å². The molecule has 0 atom stereocenters. The van der Waals surface area contributed by atoms with Gasteiger partial charge in [0.2, 0.25) is 0 Å². The monoisotopic (exact) mass is 197 g/mol. The molecule has 1 aromatic rings. The largest absolute Gasteiger partial charge is 0.867 e. The summed E-state index contributed by atoms with van der Waals surface area (Å²) >= 11 is 0. The van der Waals surface area contributed by atoms with Gasteiger partial charge < -0.3 is 20.4 Å². The van der Waals surface area contributed by atoms with Crippen LogP contribution >= 0.6 is 0 Å². The van der Waals surface area contributed by atoms with E-state index in [0.717, 1.165) is 0 Å². The van der Waals surface area contributed by atoms with Gasteiger partial charge in [-0.25, -0.2) is 4.79 Å². The van der Waals surface area contributed by atoms with E-state index in [9.17, 15) is 14.7 Å². The first kappa shape index (κ1) is 9.85. The Labute approximate surface area is 77.3 Å². The second kappa shape index (κ2) is 3.25. The number of hydrogen-bond donors (Lipinski definition) is 3. The Hall–Kier alpha value is -2.24. The van der Waals surface area contributed by atoms with Gasteiger partial charge in [-0.1, -0.05) is 0 Å². The fraction of sp³-hybridized carbons (Fsp3) is 0. The standard InChI is InChI=1S/C8H6O6/c9-4-1-3(8(13)14)2-5(10)7(12)6(4)11/h1-2H,(H,13,14)(H3,9,10,11,12)/p-1. The number of aromatic carboxylic acids is 1. The zero-order valence-electron chi connectivity index (χ0n) is 6.72. The molecule has 0 aliphatic rings. The van der Waals surface area contributed by atoms with Gasteiger partial charge in [0.05, 0.1) is 5.56 Å². The lowest BCUT2D eigenvalue weighted by molar-refractivity contribution is -0.271. The van der Waals surface area contributed by atoms with Crippen LogP contribution in [-0.4, -0.2) is 21.3 Å². The molecule has 3 N–H and O–H groups in total. The summed E-state index contributed by atoms with van der Waals surface area (Å²) in [6.07, 6.45) is 0. The van der Waals surface area contributed by atoms with E-state index in [1.165, 1.54) is 0 Å². The normalized spacial score (nSPS) is 9.71. The average molecular weight is 197 g/mol. The van der Waals surface area contributed by atoms with Crippen LogP contribution < -0.4 is 10.5 Å². The Bertz CT molecular complexity index is 450. The van der Waals surface area contributed by atoms with Crippen molar-refractivity contribution in [3.05, 3.63) is 27.9 Å². The molecular formula is C8H5O6-. The van der Waals surface area contributed by atoms with Gasteiger partial charge in [0.25, 0.3) is 0 Å². The Balaban J connectivity index is 3.68. The highest BCUT2D eigenvalue weighted by Gasteiger charge is 2.08. The molecule has 0 saturated carbocycles. The van der Waals surface area contributed by atoms with E-state index >= 15 is 0 Å². The van der Waals surface area contributed by atoms with E-state index in [1.807, 2.05) is 0 Å². The van der Waals surface area contributed by atoms with Crippen molar-refractivity contribution < 1.29 is 25.2 Å². The summed E-state index contributed by atoms with van der Waals surface area (Å²) in [5, 5.41) is 37.2. The molecule has 0 fully saturated rings. The SMILES string of the molecule is O=C(O)c1cc(O)c(O)c([O-])c(=O)c1. The van der Waals surface area contributed by atoms with Gasteiger partial charge in [-0.05, 0) is 17.9 Å². The van der Waals surface area contributed by atoms with Gasteiger partial charge >= 0.3 is 5.97 Å². The second-order valence-corrected chi connectivity index (χ2v) is 2.48. The quantitative estimate of drug-likeness (QED) is 0.544. The van der Waals surface area contributed by atoms with Gasteiger partial charge in [0, 0.05) is 0 Å². The molecule has 0 saturated heterocycles. The number of hydrogen-bond acceptors (Lipinski definition) is 5. The molecule has 0 aliphatic carbocycles. The Morgan fingerprint density at radius 2 is 1.86 bits per heavy atom. The third-order valence-corrected chi connectivity index (χ3v) is 1.51. The van der Waals surface area contributed by atoms with E-state index in [-0.39, 0.29) is 0 Å². The van der Waals surface area contributed by atoms with Crippen LogP contribution in [0.25, 0.3) is 0 Å². The molecule has 0 radical (unpaired) electrons. The summed E-state index contributed by atoms with van der Waals surface area (Å²) in [5.41, 5.74) is -1.76. The number of carboxylic acids is 1. The molecule has 6 heteroatoms. The third-order valence-electron chi connectivity index (χ3n) is 1.51. The molecule has 0 unspecified atom stereocenters. The Morgan fingerprint density at radius 3 is 2.36 bits per heavy atom. The van der Waals surface area contributed by atoms with Crippen molar-refractivity contribution in [1.82, 2.24) is 0 Å². The minimum atomic E-state index is -1.48. The van der Waals surface area contributed by atoms with Crippen LogP contribution in [0.4, 0.5) is 0 Å². The van der Waals surface area contributed by atoms with Crippen molar-refractivity contribution in [2.75, 3.05) is 0 Å². The minimum absolute atomic E-state index is 0.532. The molecule has 14 heavy (non-hydrogen) atoms. The molecule has 6 nitrogen and oxygen atoms in total. The highest BCUT2D eigenvalue weighted by molar-refractivity contribution is 5.88. The fourth-order valence-electron chi connectivity index (χ4n) is 0.821. The molecule has 0 spiro atoms. The first-order valence-corrected chi connectivity index (χ1v) is 3.44. The summed E-state index contributed by atoms with van der Waals surface area (Å²) in [7, 11) is 0. The minimum Gasteiger partial charge on any atom is -0.867 e. The van der Waals surface area contributed by atoms with Crippen molar-refractivity contribution in [2.45, 2.75) is 0 Å². The van der Waals surface area contributed by atoms with Crippen LogP contribution in [0.2, 0.25) is 0 Å². The summed E-state index contributed by atoms with van der Waals surface area (Å²) in [5.74, 6) is -4.90. The van der Waals surface area contributed by atoms with E-state index < -0.39 is 34.2 Å². The summed E-state index contributed by atoms with van der Waals surface area (Å²) < 4.78 is 0. The number of aromatic hydroxyl groups is 2. The van der Waals surface area contributed by atoms with Crippen molar-refractivity contribution in [3.8, 4) is 17.2 Å². The lowest BCUT2D eigenvalue weighted by Gasteiger charge is -2.02. The van der Waals surface area contributed by atoms with E-state index in [1.54, 1.807) is 0 Å². The lowest BCUT2D eigenvalue weighted by Crippen LogP contribution is -2.07. The molecule has 0 amide bonds. The van der Waals surface area contributed by atoms with E-state index in [2.05, 4.69) is 0 Å². The predicted molar refractivity (Wildman–Crippen MR) is 42.4 cm³/mol. The zero-order valence-corrected chi connectivity index (χ0v) is 6.72. The number of carboxylic acid groups (broad SMARTS) is 1. The van der Waals surface area contributed by atoms with Crippen LogP contribution in [0.1, 0.15) is 10.4 Å². The maximum Gasteiger partial charge on any atom is 0.335 e. The Kier molecular flexibility index (Phi) is 2.29. The van der Waals surface area contributed by atoms with E-state index in [0.29, 0.717) is 12.1 Å². The first-order valence-electron chi connectivity index (χ1n) is 3.44. The van der Waals surface area contributed by atoms with Gasteiger partial charge in [0.1, 0.15) is 0 Å². The second-order valence-electron chi connectivity index (χ2n) is 2.48. The van der Waals surface area contributed by atoms with Crippen LogP contribution in [0.3, 0.4) is 0 Å². The van der Waals surface area contributed by atoms with Crippen molar-refractivity contribution in [1.29, 1.82) is 0 Å². The molecule has 0 aromatic heterocycles. The highest BCUT2D eigenvalue weighted by Crippen LogP contribution is 2.28. The van der Waals surface area contributed by atoms with Gasteiger partial charge in [-0.15, -0.1) is 0 Å². The maximum atomic E-state index is 10.9. The van der Waals surface area contributed by atoms with Crippen molar-refractivity contribution >= 4 is 5.97 Å². The molecule has 1 rings (SSSR count). The number of rotatable bonds is 1. The molecule has 0 aliphatic heterocycles. The first-order chi connectivity index (χ1) is 6.43. The molecule has 74 valence electrons. The highest BCUT2D eigenvalue weighted by atomic mass is 16.4. The molecular weight excluding hydrogens is 192 g/mol. The fourth-order valence-corrected chi connectivity index (χ4v) is 0.821. The van der Waals surface area contributed by atoms with Crippen LogP contribution in [0, 0.1) is 0 Å². The maximum absolute atomic E-state index is 10.9. The molecule has 1 aromatic carbocycles. The third kappa shape index (κ3) is 1.58. The number of carbonyl (C=O) groups is 1. The van der Waals surface area contributed by atoms with E-state index in [4.69, 9.17) is 15.3 Å². The smallest absolute Gasteiger partial charge is 0.335 e. The Morgan fingerprint density at radius 1 is 1.29 bits per heavy atom. The van der Waals surface area contributed by atoms with Crippen LogP contribution in [0.15, 0.2) is 16.9 Å². The summed E-state index contributed by atoms with van der Waals surface area (Å²) in [4.78, 5) is 21.3. The molecule has 0 bridgehead atoms. The van der Waals surface area contributed by atoms with Gasteiger partial charge in [-0.3, -0.25) is 4.79 Å². The lowest BCUT2D eigenvalue weighted by atomic mass is 10.3. The van der Waals surface area contributed by atoms with Crippen LogP contribution in [-0.2, 0) is 0 Å². The molecule has 0 heterocycles. The average Bonchev–Trinajstić information content (AvgIpc) is 2.20. The van der Waals surface area contributed by atoms with Crippen LogP contribution in [0.5, 0.6) is 17.2 Å². The topological polar surface area (TPSA) is 118 Å².